The molecule has 0 amide bonds. The first-order chi connectivity index (χ1) is 12.6. The van der Waals surface area contributed by atoms with Gasteiger partial charge in [-0.15, -0.1) is 0 Å². The quantitative estimate of drug-likeness (QED) is 0.893. The Hall–Kier alpha value is -2.11. The highest BCUT2D eigenvalue weighted by atomic mass is 35.5. The Labute approximate surface area is 159 Å². The van der Waals surface area contributed by atoms with Gasteiger partial charge >= 0.3 is 0 Å². The Morgan fingerprint density at radius 1 is 1.19 bits per heavy atom. The molecule has 1 saturated heterocycles. The maximum atomic E-state index is 6.23. The van der Waals surface area contributed by atoms with Crippen molar-refractivity contribution in [2.75, 3.05) is 38.1 Å². The van der Waals surface area contributed by atoms with Gasteiger partial charge in [-0.05, 0) is 38.1 Å². The average molecular weight is 370 g/mol. The van der Waals surface area contributed by atoms with E-state index in [1.54, 1.807) is 0 Å². The summed E-state index contributed by atoms with van der Waals surface area (Å²) in [4.78, 5) is 9.00. The van der Waals surface area contributed by atoms with Crippen LogP contribution in [0.4, 0.5) is 5.82 Å². The monoisotopic (exact) mass is 369 g/mol. The summed E-state index contributed by atoms with van der Waals surface area (Å²) in [5, 5.41) is 8.85. The van der Waals surface area contributed by atoms with Gasteiger partial charge in [-0.2, -0.15) is 5.10 Å². The number of allylic oxidation sites excluding steroid dienone is 1. The minimum absolute atomic E-state index is 0.284. The van der Waals surface area contributed by atoms with E-state index in [4.69, 9.17) is 16.7 Å². The first-order valence-electron chi connectivity index (χ1n) is 9.10. The second-order valence-electron chi connectivity index (χ2n) is 7.11. The average Bonchev–Trinajstić information content (AvgIpc) is 3.10. The summed E-state index contributed by atoms with van der Waals surface area (Å²) >= 11 is 6.23. The molecule has 0 bridgehead atoms. The molecule has 1 fully saturated rings. The zero-order valence-corrected chi connectivity index (χ0v) is 16.0. The third-order valence-corrected chi connectivity index (χ3v) is 5.70. The van der Waals surface area contributed by atoms with Crippen molar-refractivity contribution in [2.45, 2.75) is 19.3 Å². The van der Waals surface area contributed by atoms with Crippen LogP contribution in [0.3, 0.4) is 0 Å². The van der Waals surface area contributed by atoms with Gasteiger partial charge < -0.3 is 9.80 Å². The standard InChI is InChI=1S/C20H24ClN5/c1-14-13-16(3-4-17(14)21)19-18(15-5-7-22-8-6-15)20(24-23-19)26-11-9-25(2)10-12-26/h3-5,7-8,13,15H,6,9-12H2,1-2H3,(H,23,24). The normalized spacial score (nSPS) is 20.7. The number of piperazine rings is 1. The highest BCUT2D eigenvalue weighted by Gasteiger charge is 2.27. The van der Waals surface area contributed by atoms with E-state index in [0.29, 0.717) is 0 Å². The van der Waals surface area contributed by atoms with Crippen molar-refractivity contribution >= 4 is 23.6 Å². The molecule has 0 aliphatic carbocycles. The molecule has 26 heavy (non-hydrogen) atoms. The summed E-state index contributed by atoms with van der Waals surface area (Å²) in [5.41, 5.74) is 4.56. The molecule has 6 heteroatoms. The van der Waals surface area contributed by atoms with Gasteiger partial charge in [0.15, 0.2) is 5.82 Å². The fourth-order valence-electron chi connectivity index (χ4n) is 3.65. The summed E-state index contributed by atoms with van der Waals surface area (Å²) in [7, 11) is 2.17. The number of H-pyrrole nitrogens is 1. The summed E-state index contributed by atoms with van der Waals surface area (Å²) in [6, 6.07) is 6.17. The Kier molecular flexibility index (Phi) is 4.83. The van der Waals surface area contributed by atoms with Crippen LogP contribution in [-0.4, -0.2) is 54.5 Å². The van der Waals surface area contributed by atoms with Crippen molar-refractivity contribution in [1.29, 1.82) is 0 Å². The van der Waals surface area contributed by atoms with E-state index in [1.165, 1.54) is 5.56 Å². The maximum absolute atomic E-state index is 6.23. The molecule has 5 nitrogen and oxygen atoms in total. The SMILES string of the molecule is Cc1cc(-c2[nH]nc(N3CCN(C)CC3)c2C2C=CN=CC2)ccc1Cl. The van der Waals surface area contributed by atoms with Gasteiger partial charge in [-0.25, -0.2) is 0 Å². The third-order valence-electron chi connectivity index (χ3n) is 5.27. The number of hydrogen-bond acceptors (Lipinski definition) is 4. The lowest BCUT2D eigenvalue weighted by molar-refractivity contribution is 0.311. The molecular weight excluding hydrogens is 346 g/mol. The van der Waals surface area contributed by atoms with Crippen molar-refractivity contribution in [3.05, 3.63) is 46.6 Å². The Balaban J connectivity index is 1.77. The number of likely N-dealkylation sites (N-methyl/N-ethyl adjacent to an activating group) is 1. The second-order valence-corrected chi connectivity index (χ2v) is 7.51. The molecule has 2 aliphatic heterocycles. The van der Waals surface area contributed by atoms with Crippen LogP contribution in [-0.2, 0) is 0 Å². The number of halogens is 1. The maximum Gasteiger partial charge on any atom is 0.154 e. The minimum Gasteiger partial charge on any atom is -0.352 e. The first kappa shape index (κ1) is 17.3. The largest absolute Gasteiger partial charge is 0.352 e. The van der Waals surface area contributed by atoms with E-state index >= 15 is 0 Å². The molecule has 1 aromatic heterocycles. The predicted molar refractivity (Wildman–Crippen MR) is 108 cm³/mol. The Morgan fingerprint density at radius 3 is 2.69 bits per heavy atom. The number of aromatic amines is 1. The zero-order valence-electron chi connectivity index (χ0n) is 15.2. The molecule has 4 rings (SSSR count). The molecule has 1 aromatic carbocycles. The number of rotatable bonds is 3. The highest BCUT2D eigenvalue weighted by Crippen LogP contribution is 2.39. The van der Waals surface area contributed by atoms with E-state index in [9.17, 15) is 0 Å². The molecule has 0 radical (unpaired) electrons. The van der Waals surface area contributed by atoms with E-state index in [-0.39, 0.29) is 5.92 Å². The Bertz CT molecular complexity index is 846. The number of nitrogens with one attached hydrogen (secondary N) is 1. The van der Waals surface area contributed by atoms with Crippen LogP contribution in [0, 0.1) is 6.92 Å². The number of hydrogen-bond donors (Lipinski definition) is 1. The topological polar surface area (TPSA) is 47.5 Å². The Morgan fingerprint density at radius 2 is 2.00 bits per heavy atom. The first-order valence-corrected chi connectivity index (χ1v) is 9.48. The van der Waals surface area contributed by atoms with Crippen LogP contribution in [0.1, 0.15) is 23.5 Å². The number of benzene rings is 1. The predicted octanol–water partition coefficient (Wildman–Crippen LogP) is 3.86. The van der Waals surface area contributed by atoms with Gasteiger partial charge in [0.1, 0.15) is 0 Å². The molecule has 0 spiro atoms. The molecule has 2 aliphatic rings. The number of aromatic nitrogens is 2. The fourth-order valence-corrected chi connectivity index (χ4v) is 3.77. The number of aryl methyl sites for hydroxylation is 1. The third kappa shape index (κ3) is 3.29. The van der Waals surface area contributed by atoms with Gasteiger partial charge in [0.05, 0.1) is 5.69 Å². The van der Waals surface area contributed by atoms with Crippen LogP contribution in [0.5, 0.6) is 0 Å². The number of aliphatic imine (C=N–C) groups is 1. The van der Waals surface area contributed by atoms with E-state index in [2.05, 4.69) is 45.1 Å². The minimum atomic E-state index is 0.284. The summed E-state index contributed by atoms with van der Waals surface area (Å²) in [5.74, 6) is 1.36. The fraction of sp³-hybridized carbons (Fsp3) is 0.400. The highest BCUT2D eigenvalue weighted by molar-refractivity contribution is 6.31. The molecular formula is C20H24ClN5. The van der Waals surface area contributed by atoms with E-state index in [1.807, 2.05) is 25.4 Å². The molecule has 3 heterocycles. The van der Waals surface area contributed by atoms with Gasteiger partial charge in [-0.3, -0.25) is 10.1 Å². The lowest BCUT2D eigenvalue weighted by Crippen LogP contribution is -2.45. The van der Waals surface area contributed by atoms with Gasteiger partial charge in [0.2, 0.25) is 0 Å². The van der Waals surface area contributed by atoms with Gasteiger partial charge in [0.25, 0.3) is 0 Å². The van der Waals surface area contributed by atoms with Crippen molar-refractivity contribution < 1.29 is 0 Å². The molecule has 136 valence electrons. The van der Waals surface area contributed by atoms with Gasteiger partial charge in [0, 0.05) is 60.7 Å². The van der Waals surface area contributed by atoms with E-state index in [0.717, 1.165) is 60.3 Å². The molecule has 1 unspecified atom stereocenters. The number of anilines is 1. The smallest absolute Gasteiger partial charge is 0.154 e. The van der Waals surface area contributed by atoms with Crippen LogP contribution < -0.4 is 4.90 Å². The van der Waals surface area contributed by atoms with Crippen LogP contribution >= 0.6 is 11.6 Å². The molecule has 1 N–H and O–H groups in total. The summed E-state index contributed by atoms with van der Waals surface area (Å²) < 4.78 is 0. The lowest BCUT2D eigenvalue weighted by atomic mass is 9.91. The summed E-state index contributed by atoms with van der Waals surface area (Å²) in [6.45, 7) is 6.15. The number of nitrogens with zero attached hydrogens (tertiary/aromatic N) is 4. The zero-order chi connectivity index (χ0) is 18.1. The second kappa shape index (κ2) is 7.25. The molecule has 2 aromatic rings. The van der Waals surface area contributed by atoms with E-state index < -0.39 is 0 Å². The summed E-state index contributed by atoms with van der Waals surface area (Å²) in [6.07, 6.45) is 6.96. The van der Waals surface area contributed by atoms with Crippen LogP contribution in [0.2, 0.25) is 5.02 Å². The lowest BCUT2D eigenvalue weighted by Gasteiger charge is -2.33. The van der Waals surface area contributed by atoms with Crippen molar-refractivity contribution in [3.8, 4) is 11.3 Å². The molecule has 0 saturated carbocycles. The van der Waals surface area contributed by atoms with Crippen molar-refractivity contribution in [3.63, 3.8) is 0 Å². The van der Waals surface area contributed by atoms with Gasteiger partial charge in [-0.1, -0.05) is 23.7 Å². The van der Waals surface area contributed by atoms with Crippen LogP contribution in [0.25, 0.3) is 11.3 Å². The van der Waals surface area contributed by atoms with Crippen molar-refractivity contribution in [2.24, 2.45) is 4.99 Å². The molecule has 1 atom stereocenters. The van der Waals surface area contributed by atoms with Crippen molar-refractivity contribution in [1.82, 2.24) is 15.1 Å². The van der Waals surface area contributed by atoms with Crippen LogP contribution in [0.15, 0.2) is 35.5 Å².